The maximum atomic E-state index is 9.49. The van der Waals surface area contributed by atoms with Crippen LogP contribution >= 0.6 is 0 Å². The lowest BCUT2D eigenvalue weighted by molar-refractivity contribution is 0.155. The molecule has 1 aliphatic carbocycles. The van der Waals surface area contributed by atoms with Crippen LogP contribution in [-0.2, 0) is 0 Å². The first-order valence-electron chi connectivity index (χ1n) is 7.17. The molecule has 100 valence electrons. The highest BCUT2D eigenvalue weighted by molar-refractivity contribution is 5.31. The van der Waals surface area contributed by atoms with Gasteiger partial charge in [-0.05, 0) is 56.2 Å². The smallest absolute Gasteiger partial charge is 0.0549 e. The zero-order chi connectivity index (χ0) is 13.0. The Labute approximate surface area is 110 Å². The van der Waals surface area contributed by atoms with Gasteiger partial charge in [-0.15, -0.1) is 0 Å². The first-order valence-corrected chi connectivity index (χ1v) is 7.17. The van der Waals surface area contributed by atoms with Crippen molar-refractivity contribution in [1.29, 1.82) is 0 Å². The normalized spacial score (nSPS) is 24.6. The summed E-state index contributed by atoms with van der Waals surface area (Å²) in [4.78, 5) is 0. The summed E-state index contributed by atoms with van der Waals surface area (Å²) >= 11 is 0. The summed E-state index contributed by atoms with van der Waals surface area (Å²) in [5.41, 5.74) is 2.94. The number of rotatable bonds is 6. The minimum absolute atomic E-state index is 0.134. The number of benzene rings is 1. The molecule has 0 heterocycles. The number of aliphatic hydroxyl groups excluding tert-OH is 1. The van der Waals surface area contributed by atoms with Gasteiger partial charge in [0.1, 0.15) is 0 Å². The van der Waals surface area contributed by atoms with Crippen molar-refractivity contribution in [2.75, 3.05) is 6.54 Å². The Morgan fingerprint density at radius 3 is 2.72 bits per heavy atom. The lowest BCUT2D eigenvalue weighted by atomic mass is 9.74. The van der Waals surface area contributed by atoms with E-state index in [0.717, 1.165) is 25.3 Å². The third-order valence-corrected chi connectivity index (χ3v) is 4.15. The van der Waals surface area contributed by atoms with Gasteiger partial charge in [-0.3, -0.25) is 0 Å². The molecule has 2 rings (SSSR count). The molecular weight excluding hydrogens is 222 g/mol. The Morgan fingerprint density at radius 2 is 2.06 bits per heavy atom. The van der Waals surface area contributed by atoms with Crippen LogP contribution in [0.1, 0.15) is 49.7 Å². The quantitative estimate of drug-likeness (QED) is 0.810. The molecule has 0 bridgehead atoms. The van der Waals surface area contributed by atoms with Gasteiger partial charge in [-0.1, -0.05) is 31.2 Å². The molecule has 0 aromatic heterocycles. The molecule has 0 spiro atoms. The summed E-state index contributed by atoms with van der Waals surface area (Å²) in [6, 6.07) is 9.36. The zero-order valence-electron chi connectivity index (χ0n) is 11.5. The summed E-state index contributed by atoms with van der Waals surface area (Å²) in [5.74, 6) is 0.736. The van der Waals surface area contributed by atoms with Crippen molar-refractivity contribution in [3.05, 3.63) is 35.4 Å². The van der Waals surface area contributed by atoms with Crippen LogP contribution < -0.4 is 5.32 Å². The van der Waals surface area contributed by atoms with Gasteiger partial charge in [0.05, 0.1) is 6.10 Å². The van der Waals surface area contributed by atoms with Gasteiger partial charge in [0.25, 0.3) is 0 Å². The van der Waals surface area contributed by atoms with Gasteiger partial charge in [-0.2, -0.15) is 0 Å². The van der Waals surface area contributed by atoms with Crippen molar-refractivity contribution in [2.24, 2.45) is 0 Å². The highest BCUT2D eigenvalue weighted by Gasteiger charge is 2.30. The van der Waals surface area contributed by atoms with Crippen LogP contribution in [0.5, 0.6) is 0 Å². The van der Waals surface area contributed by atoms with Crippen LogP contribution in [0.25, 0.3) is 0 Å². The monoisotopic (exact) mass is 247 g/mol. The maximum Gasteiger partial charge on any atom is 0.0549 e. The molecule has 2 N–H and O–H groups in total. The molecule has 1 fully saturated rings. The van der Waals surface area contributed by atoms with Crippen molar-refractivity contribution >= 4 is 0 Å². The third-order valence-electron chi connectivity index (χ3n) is 4.15. The average Bonchev–Trinajstić information content (AvgIpc) is 2.33. The summed E-state index contributed by atoms with van der Waals surface area (Å²) in [6.45, 7) is 5.18. The van der Waals surface area contributed by atoms with Crippen molar-refractivity contribution in [3.8, 4) is 0 Å². The molecule has 18 heavy (non-hydrogen) atoms. The fourth-order valence-electron chi connectivity index (χ4n) is 2.74. The largest absolute Gasteiger partial charge is 0.393 e. The highest BCUT2D eigenvalue weighted by Crippen LogP contribution is 2.38. The second-order valence-corrected chi connectivity index (χ2v) is 5.53. The van der Waals surface area contributed by atoms with Gasteiger partial charge in [0, 0.05) is 6.04 Å². The molecule has 1 aromatic carbocycles. The van der Waals surface area contributed by atoms with E-state index in [0.29, 0.717) is 6.04 Å². The van der Waals surface area contributed by atoms with Gasteiger partial charge >= 0.3 is 0 Å². The second kappa shape index (κ2) is 6.35. The van der Waals surface area contributed by atoms with Crippen molar-refractivity contribution < 1.29 is 5.11 Å². The molecule has 1 unspecified atom stereocenters. The Bertz CT molecular complexity index is 371. The van der Waals surface area contributed by atoms with Crippen LogP contribution in [0.15, 0.2) is 24.3 Å². The molecule has 0 saturated heterocycles. The van der Waals surface area contributed by atoms with Gasteiger partial charge in [-0.25, -0.2) is 0 Å². The zero-order valence-corrected chi connectivity index (χ0v) is 11.5. The first-order chi connectivity index (χ1) is 8.70. The number of nitrogens with one attached hydrogen (secondary N) is 1. The van der Waals surface area contributed by atoms with E-state index in [1.165, 1.54) is 24.0 Å². The van der Waals surface area contributed by atoms with E-state index < -0.39 is 0 Å². The van der Waals surface area contributed by atoms with Gasteiger partial charge in [0.2, 0.25) is 0 Å². The standard InChI is InChI=1S/C16H25NO/c1-3-15(18)8-9-17-14-10-13(11-14)16-7-5-4-6-12(16)2/h4-7,13-15,17-18H,3,8-11H2,1-2H3. The minimum atomic E-state index is -0.134. The van der Waals surface area contributed by atoms with Crippen molar-refractivity contribution in [1.82, 2.24) is 5.32 Å². The van der Waals surface area contributed by atoms with Crippen molar-refractivity contribution in [3.63, 3.8) is 0 Å². The Morgan fingerprint density at radius 1 is 1.33 bits per heavy atom. The number of hydrogen-bond acceptors (Lipinski definition) is 2. The first kappa shape index (κ1) is 13.6. The number of hydrogen-bond donors (Lipinski definition) is 2. The molecule has 0 aliphatic heterocycles. The SMILES string of the molecule is CCC(O)CCNC1CC(c2ccccc2C)C1. The van der Waals surface area contributed by atoms with Crippen LogP contribution in [-0.4, -0.2) is 23.8 Å². The topological polar surface area (TPSA) is 32.3 Å². The number of aryl methyl sites for hydroxylation is 1. The lowest BCUT2D eigenvalue weighted by Crippen LogP contribution is -2.41. The second-order valence-electron chi connectivity index (χ2n) is 5.53. The predicted octanol–water partition coefficient (Wildman–Crippen LogP) is 2.99. The van der Waals surface area contributed by atoms with E-state index in [1.807, 2.05) is 6.92 Å². The van der Waals surface area contributed by atoms with E-state index in [1.54, 1.807) is 0 Å². The highest BCUT2D eigenvalue weighted by atomic mass is 16.3. The fraction of sp³-hybridized carbons (Fsp3) is 0.625. The molecule has 1 atom stereocenters. The Hall–Kier alpha value is -0.860. The molecule has 1 aliphatic rings. The van der Waals surface area contributed by atoms with E-state index in [2.05, 4.69) is 36.5 Å². The fourth-order valence-corrected chi connectivity index (χ4v) is 2.74. The molecule has 2 heteroatoms. The third kappa shape index (κ3) is 3.33. The predicted molar refractivity (Wildman–Crippen MR) is 75.9 cm³/mol. The van der Waals surface area contributed by atoms with E-state index in [-0.39, 0.29) is 6.10 Å². The average molecular weight is 247 g/mol. The lowest BCUT2D eigenvalue weighted by Gasteiger charge is -2.37. The maximum absolute atomic E-state index is 9.49. The molecule has 1 saturated carbocycles. The Kier molecular flexibility index (Phi) is 4.79. The summed E-state index contributed by atoms with van der Waals surface area (Å²) in [7, 11) is 0. The minimum Gasteiger partial charge on any atom is -0.393 e. The molecule has 0 radical (unpaired) electrons. The van der Waals surface area contributed by atoms with Gasteiger partial charge in [0.15, 0.2) is 0 Å². The molecule has 2 nitrogen and oxygen atoms in total. The van der Waals surface area contributed by atoms with E-state index >= 15 is 0 Å². The summed E-state index contributed by atoms with van der Waals surface area (Å²) in [5, 5.41) is 13.0. The van der Waals surface area contributed by atoms with Crippen LogP contribution in [0.4, 0.5) is 0 Å². The molecular formula is C16H25NO. The number of aliphatic hydroxyl groups is 1. The van der Waals surface area contributed by atoms with E-state index in [9.17, 15) is 5.11 Å². The van der Waals surface area contributed by atoms with Crippen molar-refractivity contribution in [2.45, 2.75) is 57.6 Å². The Balaban J connectivity index is 1.70. The molecule has 1 aromatic rings. The van der Waals surface area contributed by atoms with Crippen LogP contribution in [0.2, 0.25) is 0 Å². The van der Waals surface area contributed by atoms with E-state index in [4.69, 9.17) is 0 Å². The van der Waals surface area contributed by atoms with Gasteiger partial charge < -0.3 is 10.4 Å². The summed E-state index contributed by atoms with van der Waals surface area (Å²) in [6.07, 6.45) is 4.09. The molecule has 0 amide bonds. The van der Waals surface area contributed by atoms with Crippen LogP contribution in [0.3, 0.4) is 0 Å². The van der Waals surface area contributed by atoms with Crippen LogP contribution in [0, 0.1) is 6.92 Å². The summed E-state index contributed by atoms with van der Waals surface area (Å²) < 4.78 is 0.